The van der Waals surface area contributed by atoms with Gasteiger partial charge in [0, 0.05) is 44.9 Å². The number of rotatable bonds is 6. The number of hydrogen-bond donors (Lipinski definition) is 1. The molecule has 1 atom stereocenters. The maximum Gasteiger partial charge on any atom is 0.269 e. The minimum atomic E-state index is -0.416. The van der Waals surface area contributed by atoms with E-state index in [0.29, 0.717) is 51.8 Å². The predicted octanol–water partition coefficient (Wildman–Crippen LogP) is 2.16. The number of ether oxygens (including phenoxy) is 1. The van der Waals surface area contributed by atoms with Gasteiger partial charge in [0.25, 0.3) is 11.6 Å². The Labute approximate surface area is 186 Å². The van der Waals surface area contributed by atoms with Crippen LogP contribution in [0, 0.1) is 10.1 Å². The molecule has 3 heterocycles. The topological polar surface area (TPSA) is 113 Å². The van der Waals surface area contributed by atoms with Crippen LogP contribution >= 0.6 is 0 Å². The number of nitrogens with one attached hydrogen (secondary N) is 1. The van der Waals surface area contributed by atoms with Gasteiger partial charge in [-0.15, -0.1) is 0 Å². The average molecular weight is 441 g/mol. The highest BCUT2D eigenvalue weighted by molar-refractivity contribution is 5.82. The summed E-state index contributed by atoms with van der Waals surface area (Å²) >= 11 is 0. The van der Waals surface area contributed by atoms with Crippen LogP contribution in [0.15, 0.2) is 52.1 Å². The smallest absolute Gasteiger partial charge is 0.269 e. The van der Waals surface area contributed by atoms with Crippen LogP contribution in [0.2, 0.25) is 0 Å². The molecule has 2 aliphatic rings. The summed E-state index contributed by atoms with van der Waals surface area (Å²) in [6.07, 6.45) is 3.06. The van der Waals surface area contributed by atoms with Crippen molar-refractivity contribution in [2.45, 2.75) is 32.0 Å². The van der Waals surface area contributed by atoms with Crippen molar-refractivity contribution in [3.05, 3.63) is 64.1 Å². The molecule has 10 heteroatoms. The lowest BCUT2D eigenvalue weighted by atomic mass is 10.2. The van der Waals surface area contributed by atoms with E-state index in [1.54, 1.807) is 18.4 Å². The molecule has 10 nitrogen and oxygen atoms in total. The molecule has 2 fully saturated rings. The molecule has 0 radical (unpaired) electrons. The summed E-state index contributed by atoms with van der Waals surface area (Å²) in [5.74, 6) is 1.58. The first-order chi connectivity index (χ1) is 15.6. The lowest BCUT2D eigenvalue weighted by Crippen LogP contribution is -2.55. The second-order valence-corrected chi connectivity index (χ2v) is 7.81. The highest BCUT2D eigenvalue weighted by atomic mass is 16.6. The standard InChI is InChI=1S/C22H27N5O5/c28-21(20-4-2-14-32-20)25-9-11-26(12-10-25)22(24-16-19-3-1-13-31-19)23-15-17-5-7-18(8-6-17)27(29)30/h1,3,5-8,13,20H,2,4,9-12,14-16H2,(H,23,24). The molecule has 2 aromatic rings. The first-order valence-electron chi connectivity index (χ1n) is 10.8. The molecule has 1 amide bonds. The monoisotopic (exact) mass is 441 g/mol. The van der Waals surface area contributed by atoms with E-state index in [9.17, 15) is 14.9 Å². The number of piperazine rings is 1. The first kappa shape index (κ1) is 21.8. The largest absolute Gasteiger partial charge is 0.467 e. The summed E-state index contributed by atoms with van der Waals surface area (Å²) in [6, 6.07) is 10.1. The summed E-state index contributed by atoms with van der Waals surface area (Å²) in [5, 5.41) is 14.2. The van der Waals surface area contributed by atoms with Gasteiger partial charge in [0.05, 0.1) is 24.3 Å². The molecule has 0 bridgehead atoms. The zero-order chi connectivity index (χ0) is 22.3. The lowest BCUT2D eigenvalue weighted by Gasteiger charge is -2.37. The van der Waals surface area contributed by atoms with E-state index in [0.717, 1.165) is 24.2 Å². The Kier molecular flexibility index (Phi) is 7.00. The van der Waals surface area contributed by atoms with Gasteiger partial charge in [-0.25, -0.2) is 4.99 Å². The Hall–Kier alpha value is -3.40. The fourth-order valence-electron chi connectivity index (χ4n) is 3.85. The van der Waals surface area contributed by atoms with Crippen LogP contribution in [0.4, 0.5) is 5.69 Å². The molecule has 0 saturated carbocycles. The number of furan rings is 1. The van der Waals surface area contributed by atoms with Gasteiger partial charge in [0.2, 0.25) is 0 Å². The number of hydrogen-bond acceptors (Lipinski definition) is 6. The normalized spacial score (nSPS) is 19.2. The third-order valence-corrected chi connectivity index (χ3v) is 5.66. The van der Waals surface area contributed by atoms with Gasteiger partial charge >= 0.3 is 0 Å². The van der Waals surface area contributed by atoms with E-state index in [1.807, 2.05) is 17.0 Å². The van der Waals surface area contributed by atoms with Crippen LogP contribution in [0.25, 0.3) is 0 Å². The van der Waals surface area contributed by atoms with Crippen molar-refractivity contribution in [1.29, 1.82) is 0 Å². The maximum absolute atomic E-state index is 12.6. The van der Waals surface area contributed by atoms with Gasteiger partial charge in [0.1, 0.15) is 11.9 Å². The van der Waals surface area contributed by atoms with E-state index in [2.05, 4.69) is 10.2 Å². The van der Waals surface area contributed by atoms with Crippen molar-refractivity contribution in [2.24, 2.45) is 4.99 Å². The van der Waals surface area contributed by atoms with Crippen molar-refractivity contribution in [3.8, 4) is 0 Å². The molecule has 4 rings (SSSR count). The van der Waals surface area contributed by atoms with Crippen LogP contribution in [-0.2, 0) is 22.6 Å². The number of carbonyl (C=O) groups excluding carboxylic acids is 1. The van der Waals surface area contributed by atoms with Crippen LogP contribution in [0.1, 0.15) is 24.2 Å². The SMILES string of the molecule is O=C(C1CCCO1)N1CCN(C(=NCc2ccc([N+](=O)[O-])cc2)NCc2ccco2)CC1. The summed E-state index contributed by atoms with van der Waals surface area (Å²) in [7, 11) is 0. The van der Waals surface area contributed by atoms with Gasteiger partial charge in [-0.05, 0) is 30.5 Å². The summed E-state index contributed by atoms with van der Waals surface area (Å²) in [6.45, 7) is 4.06. The van der Waals surface area contributed by atoms with Gasteiger partial charge in [0.15, 0.2) is 5.96 Å². The number of guanidine groups is 1. The molecule has 1 aromatic heterocycles. The predicted molar refractivity (Wildman–Crippen MR) is 117 cm³/mol. The molecular formula is C22H27N5O5. The zero-order valence-electron chi connectivity index (χ0n) is 17.8. The number of nitro groups is 1. The van der Waals surface area contributed by atoms with E-state index < -0.39 is 4.92 Å². The summed E-state index contributed by atoms with van der Waals surface area (Å²) in [4.78, 5) is 31.8. The number of nitrogens with zero attached hydrogens (tertiary/aromatic N) is 4. The minimum Gasteiger partial charge on any atom is -0.467 e. The summed E-state index contributed by atoms with van der Waals surface area (Å²) < 4.78 is 10.9. The zero-order valence-corrected chi connectivity index (χ0v) is 17.8. The van der Waals surface area contributed by atoms with Gasteiger partial charge in [-0.3, -0.25) is 14.9 Å². The number of carbonyl (C=O) groups is 1. The van der Waals surface area contributed by atoms with Gasteiger partial charge in [-0.2, -0.15) is 0 Å². The minimum absolute atomic E-state index is 0.0564. The second kappa shape index (κ2) is 10.3. The van der Waals surface area contributed by atoms with Crippen LogP contribution in [-0.4, -0.2) is 65.5 Å². The van der Waals surface area contributed by atoms with Crippen molar-refractivity contribution in [2.75, 3.05) is 32.8 Å². The Balaban J connectivity index is 1.40. The molecule has 0 spiro atoms. The Morgan fingerprint density at radius 2 is 1.91 bits per heavy atom. The van der Waals surface area contributed by atoms with E-state index in [1.165, 1.54) is 12.1 Å². The molecular weight excluding hydrogens is 414 g/mol. The number of non-ortho nitro benzene ring substituents is 1. The van der Waals surface area contributed by atoms with Crippen molar-refractivity contribution < 1.29 is 18.9 Å². The number of aliphatic imine (C=N–C) groups is 1. The fraction of sp³-hybridized carbons (Fsp3) is 0.455. The average Bonchev–Trinajstić information content (AvgIpc) is 3.54. The highest BCUT2D eigenvalue weighted by Crippen LogP contribution is 2.17. The molecule has 0 aliphatic carbocycles. The number of benzene rings is 1. The lowest BCUT2D eigenvalue weighted by molar-refractivity contribution is -0.384. The second-order valence-electron chi connectivity index (χ2n) is 7.81. The molecule has 2 saturated heterocycles. The molecule has 1 N–H and O–H groups in total. The number of amides is 1. The van der Waals surface area contributed by atoms with Gasteiger partial charge in [-0.1, -0.05) is 12.1 Å². The molecule has 32 heavy (non-hydrogen) atoms. The van der Waals surface area contributed by atoms with E-state index >= 15 is 0 Å². The molecule has 170 valence electrons. The fourth-order valence-corrected chi connectivity index (χ4v) is 3.85. The molecule has 2 aliphatic heterocycles. The van der Waals surface area contributed by atoms with Crippen molar-refractivity contribution >= 4 is 17.6 Å². The van der Waals surface area contributed by atoms with E-state index in [-0.39, 0.29) is 17.7 Å². The van der Waals surface area contributed by atoms with Crippen LogP contribution in [0.3, 0.4) is 0 Å². The quantitative estimate of drug-likeness (QED) is 0.316. The molecule has 1 unspecified atom stereocenters. The summed E-state index contributed by atoms with van der Waals surface area (Å²) in [5.41, 5.74) is 0.932. The Morgan fingerprint density at radius 1 is 1.16 bits per heavy atom. The Bertz CT molecular complexity index is 930. The van der Waals surface area contributed by atoms with Gasteiger partial charge < -0.3 is 24.3 Å². The highest BCUT2D eigenvalue weighted by Gasteiger charge is 2.31. The maximum atomic E-state index is 12.6. The first-order valence-corrected chi connectivity index (χ1v) is 10.8. The number of nitro benzene ring substituents is 1. The van der Waals surface area contributed by atoms with Crippen LogP contribution in [0.5, 0.6) is 0 Å². The third-order valence-electron chi connectivity index (χ3n) is 5.66. The van der Waals surface area contributed by atoms with Crippen molar-refractivity contribution in [3.63, 3.8) is 0 Å². The third kappa shape index (κ3) is 5.44. The van der Waals surface area contributed by atoms with Crippen molar-refractivity contribution in [1.82, 2.24) is 15.1 Å². The van der Waals surface area contributed by atoms with Crippen LogP contribution < -0.4 is 5.32 Å². The molecule has 1 aromatic carbocycles. The van der Waals surface area contributed by atoms with E-state index in [4.69, 9.17) is 14.1 Å². The Morgan fingerprint density at radius 3 is 2.53 bits per heavy atom.